The fourth-order valence-electron chi connectivity index (χ4n) is 2.74. The maximum atomic E-state index is 5.49. The Morgan fingerprint density at radius 1 is 1.43 bits per heavy atom. The summed E-state index contributed by atoms with van der Waals surface area (Å²) in [4.78, 5) is 13.6. The summed E-state index contributed by atoms with van der Waals surface area (Å²) in [7, 11) is 3.72. The van der Waals surface area contributed by atoms with Crippen LogP contribution in [0.3, 0.4) is 0 Å². The molecule has 1 fully saturated rings. The van der Waals surface area contributed by atoms with Crippen LogP contribution in [0.15, 0.2) is 6.07 Å². The fraction of sp³-hybridized carbons (Fsp3) is 0.714. The molecule has 0 radical (unpaired) electrons. The van der Waals surface area contributed by atoms with E-state index in [-0.39, 0.29) is 0 Å². The van der Waals surface area contributed by atoms with Crippen LogP contribution in [0.1, 0.15) is 25.6 Å². The summed E-state index contributed by atoms with van der Waals surface area (Å²) in [6, 6.07) is 2.38. The summed E-state index contributed by atoms with van der Waals surface area (Å²) in [5, 5.41) is 0. The third kappa shape index (κ3) is 4.03. The lowest BCUT2D eigenvalue weighted by atomic mass is 10.0. The van der Waals surface area contributed by atoms with Crippen molar-refractivity contribution in [2.24, 2.45) is 5.84 Å². The van der Waals surface area contributed by atoms with Gasteiger partial charge in [0.2, 0.25) is 0 Å². The molecule has 1 saturated heterocycles. The van der Waals surface area contributed by atoms with Crippen LogP contribution in [0.25, 0.3) is 0 Å². The van der Waals surface area contributed by atoms with Gasteiger partial charge in [-0.1, -0.05) is 6.92 Å². The van der Waals surface area contributed by atoms with Crippen molar-refractivity contribution in [3.05, 3.63) is 11.9 Å². The van der Waals surface area contributed by atoms with E-state index in [4.69, 9.17) is 10.6 Å². The van der Waals surface area contributed by atoms with Gasteiger partial charge in [-0.15, -0.1) is 0 Å². The SMILES string of the molecule is CCN1CCC(N(C)c2cc(NN)nc(COC)n2)CC1. The molecule has 7 nitrogen and oxygen atoms in total. The molecule has 2 heterocycles. The number of nitrogens with zero attached hydrogens (tertiary/aromatic N) is 4. The second-order valence-electron chi connectivity index (χ2n) is 5.38. The second-order valence-corrected chi connectivity index (χ2v) is 5.38. The molecule has 0 atom stereocenters. The van der Waals surface area contributed by atoms with Crippen molar-refractivity contribution in [3.63, 3.8) is 0 Å². The Morgan fingerprint density at radius 3 is 2.71 bits per heavy atom. The number of nitrogens with one attached hydrogen (secondary N) is 1. The Kier molecular flexibility index (Phi) is 5.72. The van der Waals surface area contributed by atoms with Crippen LogP contribution in [-0.4, -0.2) is 54.7 Å². The molecule has 0 aromatic carbocycles. The standard InChI is InChI=1S/C14H26N6O/c1-4-20-7-5-11(6-8-20)19(2)14-9-12(18-15)16-13(17-14)10-21-3/h9,11H,4-8,10,15H2,1-3H3,(H,16,17,18). The van der Waals surface area contributed by atoms with E-state index in [1.165, 1.54) is 0 Å². The minimum atomic E-state index is 0.380. The number of methoxy groups -OCH3 is 1. The number of hydrogen-bond acceptors (Lipinski definition) is 7. The molecular formula is C14H26N6O. The average molecular weight is 294 g/mol. The van der Waals surface area contributed by atoms with E-state index in [2.05, 4.69) is 39.2 Å². The Balaban J connectivity index is 2.10. The van der Waals surface area contributed by atoms with E-state index in [1.807, 2.05) is 6.07 Å². The monoisotopic (exact) mass is 294 g/mol. The molecule has 118 valence electrons. The first-order valence-electron chi connectivity index (χ1n) is 7.46. The Morgan fingerprint density at radius 2 is 2.14 bits per heavy atom. The van der Waals surface area contributed by atoms with Gasteiger partial charge in [-0.3, -0.25) is 0 Å². The summed E-state index contributed by atoms with van der Waals surface area (Å²) >= 11 is 0. The van der Waals surface area contributed by atoms with Crippen molar-refractivity contribution < 1.29 is 4.74 Å². The van der Waals surface area contributed by atoms with Gasteiger partial charge in [-0.2, -0.15) is 0 Å². The summed E-state index contributed by atoms with van der Waals surface area (Å²) < 4.78 is 5.12. The molecule has 0 unspecified atom stereocenters. The van der Waals surface area contributed by atoms with Crippen LogP contribution in [0.4, 0.5) is 11.6 Å². The molecule has 0 amide bonds. The second kappa shape index (κ2) is 7.53. The summed E-state index contributed by atoms with van der Waals surface area (Å²) in [5.74, 6) is 7.64. The first-order valence-corrected chi connectivity index (χ1v) is 7.46. The zero-order valence-corrected chi connectivity index (χ0v) is 13.2. The van der Waals surface area contributed by atoms with E-state index in [0.717, 1.165) is 38.3 Å². The van der Waals surface area contributed by atoms with Gasteiger partial charge in [-0.05, 0) is 19.4 Å². The topological polar surface area (TPSA) is 79.5 Å². The first-order chi connectivity index (χ1) is 10.2. The van der Waals surface area contributed by atoms with Crippen LogP contribution < -0.4 is 16.2 Å². The molecule has 0 bridgehead atoms. The van der Waals surface area contributed by atoms with E-state index >= 15 is 0 Å². The highest BCUT2D eigenvalue weighted by Crippen LogP contribution is 2.22. The highest BCUT2D eigenvalue weighted by atomic mass is 16.5. The first kappa shape index (κ1) is 15.9. The van der Waals surface area contributed by atoms with Crippen molar-refractivity contribution in [1.82, 2.24) is 14.9 Å². The predicted molar refractivity (Wildman–Crippen MR) is 84.1 cm³/mol. The minimum Gasteiger partial charge on any atom is -0.377 e. The predicted octanol–water partition coefficient (Wildman–Crippen LogP) is 0.829. The number of nitrogens with two attached hydrogens (primary N) is 1. The Bertz CT molecular complexity index is 447. The zero-order chi connectivity index (χ0) is 15.2. The van der Waals surface area contributed by atoms with Gasteiger partial charge in [-0.25, -0.2) is 15.8 Å². The highest BCUT2D eigenvalue weighted by Gasteiger charge is 2.23. The lowest BCUT2D eigenvalue weighted by molar-refractivity contribution is 0.178. The molecule has 0 spiro atoms. The average Bonchev–Trinajstić information content (AvgIpc) is 2.54. The van der Waals surface area contributed by atoms with E-state index in [9.17, 15) is 0 Å². The summed E-state index contributed by atoms with van der Waals surface area (Å²) in [5.41, 5.74) is 2.60. The number of likely N-dealkylation sites (tertiary alicyclic amines) is 1. The molecule has 21 heavy (non-hydrogen) atoms. The van der Waals surface area contributed by atoms with E-state index < -0.39 is 0 Å². The van der Waals surface area contributed by atoms with Gasteiger partial charge >= 0.3 is 0 Å². The summed E-state index contributed by atoms with van der Waals surface area (Å²) in [6.45, 7) is 6.01. The number of hydrazine groups is 1. The third-order valence-electron chi connectivity index (χ3n) is 4.09. The van der Waals surface area contributed by atoms with Crippen LogP contribution >= 0.6 is 0 Å². The lowest BCUT2D eigenvalue weighted by Crippen LogP contribution is -2.43. The van der Waals surface area contributed by atoms with Gasteiger partial charge in [0.15, 0.2) is 5.82 Å². The summed E-state index contributed by atoms with van der Waals surface area (Å²) in [6.07, 6.45) is 2.30. The molecule has 7 heteroatoms. The van der Waals surface area contributed by atoms with Crippen LogP contribution in [0.2, 0.25) is 0 Å². The lowest BCUT2D eigenvalue weighted by Gasteiger charge is -2.37. The van der Waals surface area contributed by atoms with E-state index in [1.54, 1.807) is 7.11 Å². The molecule has 0 saturated carbocycles. The van der Waals surface area contributed by atoms with Gasteiger partial charge in [0.05, 0.1) is 0 Å². The van der Waals surface area contributed by atoms with Crippen molar-refractivity contribution in [3.8, 4) is 0 Å². The highest BCUT2D eigenvalue weighted by molar-refractivity contribution is 5.49. The zero-order valence-electron chi connectivity index (χ0n) is 13.2. The number of aromatic nitrogens is 2. The number of nitrogen functional groups attached to an aromatic ring is 1. The number of rotatable bonds is 6. The Labute approximate surface area is 126 Å². The quantitative estimate of drug-likeness (QED) is 0.594. The molecule has 1 aromatic heterocycles. The van der Waals surface area contributed by atoms with Gasteiger partial charge < -0.3 is 20.0 Å². The fourth-order valence-corrected chi connectivity index (χ4v) is 2.74. The smallest absolute Gasteiger partial charge is 0.158 e. The van der Waals surface area contributed by atoms with Crippen molar-refractivity contribution in [1.29, 1.82) is 0 Å². The molecule has 1 aliphatic rings. The van der Waals surface area contributed by atoms with Gasteiger partial charge in [0.25, 0.3) is 0 Å². The number of ether oxygens (including phenoxy) is 1. The maximum absolute atomic E-state index is 5.49. The maximum Gasteiger partial charge on any atom is 0.158 e. The molecule has 0 aliphatic carbocycles. The molecule has 3 N–H and O–H groups in total. The van der Waals surface area contributed by atoms with Crippen molar-refractivity contribution in [2.75, 3.05) is 44.1 Å². The van der Waals surface area contributed by atoms with Crippen LogP contribution in [0.5, 0.6) is 0 Å². The van der Waals surface area contributed by atoms with Gasteiger partial charge in [0, 0.05) is 39.4 Å². The van der Waals surface area contributed by atoms with Gasteiger partial charge in [0.1, 0.15) is 18.2 Å². The molecule has 1 aromatic rings. The molecular weight excluding hydrogens is 268 g/mol. The van der Waals surface area contributed by atoms with Crippen molar-refractivity contribution in [2.45, 2.75) is 32.4 Å². The number of piperidine rings is 1. The largest absolute Gasteiger partial charge is 0.377 e. The molecule has 2 rings (SSSR count). The van der Waals surface area contributed by atoms with Crippen LogP contribution in [0, 0.1) is 0 Å². The van der Waals surface area contributed by atoms with Crippen molar-refractivity contribution >= 4 is 11.6 Å². The number of anilines is 2. The van der Waals surface area contributed by atoms with Crippen LogP contribution in [-0.2, 0) is 11.3 Å². The third-order valence-corrected chi connectivity index (χ3v) is 4.09. The number of hydrogen-bond donors (Lipinski definition) is 2. The normalized spacial score (nSPS) is 17.0. The Hall–Kier alpha value is -1.44. The van der Waals surface area contributed by atoms with E-state index in [0.29, 0.717) is 24.3 Å². The minimum absolute atomic E-state index is 0.380. The molecule has 1 aliphatic heterocycles.